The zero-order valence-corrected chi connectivity index (χ0v) is 19.1. The summed E-state index contributed by atoms with van der Waals surface area (Å²) in [6.07, 6.45) is 0.449. The third-order valence-corrected chi connectivity index (χ3v) is 6.46. The number of carboxylic acid groups (broad SMARTS) is 1. The van der Waals surface area contributed by atoms with E-state index in [-0.39, 0.29) is 22.2 Å². The van der Waals surface area contributed by atoms with Crippen molar-refractivity contribution in [2.24, 2.45) is 0 Å². The monoisotopic (exact) mass is 485 g/mol. The highest BCUT2D eigenvalue weighted by Gasteiger charge is 2.22. The van der Waals surface area contributed by atoms with E-state index in [4.69, 9.17) is 23.2 Å². The maximum Gasteiger partial charge on any atom is 0.335 e. The van der Waals surface area contributed by atoms with Gasteiger partial charge in [0, 0.05) is 10.6 Å². The van der Waals surface area contributed by atoms with E-state index in [9.17, 15) is 20.0 Å². The maximum absolute atomic E-state index is 12.9. The van der Waals surface area contributed by atoms with Gasteiger partial charge in [0.2, 0.25) is 5.91 Å². The molecule has 0 aliphatic heterocycles. The van der Waals surface area contributed by atoms with Crippen molar-refractivity contribution < 1.29 is 14.7 Å². The number of thioether (sulfide) groups is 1. The molecular formula is C23H17Cl2N3O3S. The molecule has 3 rings (SSSR count). The van der Waals surface area contributed by atoms with E-state index in [1.807, 2.05) is 19.1 Å². The van der Waals surface area contributed by atoms with Gasteiger partial charge in [-0.1, -0.05) is 54.0 Å². The molecule has 0 bridgehead atoms. The molecule has 0 spiro atoms. The molecule has 0 aliphatic rings. The Labute approximate surface area is 199 Å². The minimum Gasteiger partial charge on any atom is -0.478 e. The minimum absolute atomic E-state index is 0.00880. The van der Waals surface area contributed by atoms with Gasteiger partial charge in [-0.05, 0) is 48.9 Å². The summed E-state index contributed by atoms with van der Waals surface area (Å²) in [6, 6.07) is 16.7. The third kappa shape index (κ3) is 5.60. The van der Waals surface area contributed by atoms with Crippen LogP contribution in [0.25, 0.3) is 11.3 Å². The number of nitrogens with one attached hydrogen (secondary N) is 1. The number of aromatic nitrogens is 1. The van der Waals surface area contributed by atoms with Crippen molar-refractivity contribution in [2.45, 2.75) is 23.6 Å². The highest BCUT2D eigenvalue weighted by Crippen LogP contribution is 2.31. The summed E-state index contributed by atoms with van der Waals surface area (Å²) in [5.41, 5.74) is 2.05. The molecular weight excluding hydrogens is 469 g/mol. The normalized spacial score (nSPS) is 11.4. The van der Waals surface area contributed by atoms with Crippen LogP contribution in [0.2, 0.25) is 10.0 Å². The fourth-order valence-corrected chi connectivity index (χ4v) is 4.11. The number of amides is 1. The van der Waals surface area contributed by atoms with Gasteiger partial charge in [-0.3, -0.25) is 4.79 Å². The van der Waals surface area contributed by atoms with E-state index in [1.165, 1.54) is 18.2 Å². The van der Waals surface area contributed by atoms with Crippen LogP contribution in [-0.2, 0) is 4.79 Å². The molecule has 0 radical (unpaired) electrons. The molecule has 6 nitrogen and oxygen atoms in total. The molecule has 0 saturated heterocycles. The van der Waals surface area contributed by atoms with Crippen LogP contribution in [-0.4, -0.2) is 27.2 Å². The molecule has 2 N–H and O–H groups in total. The second-order valence-corrected chi connectivity index (χ2v) is 8.71. The first kappa shape index (κ1) is 23.6. The molecule has 3 aromatic rings. The standard InChI is InChI=1S/C23H17Cl2N3O3S/c1-2-20(21(29)27-19-11-14(23(30)31)5-9-17(19)25)32-22-15(12-26)6-10-18(28-22)13-3-7-16(24)8-4-13/h3-11,20H,2H2,1H3,(H,27,29)(H,30,31). The quantitative estimate of drug-likeness (QED) is 0.389. The zero-order valence-electron chi connectivity index (χ0n) is 16.8. The first-order chi connectivity index (χ1) is 15.3. The lowest BCUT2D eigenvalue weighted by atomic mass is 10.1. The minimum atomic E-state index is -1.12. The molecule has 1 aromatic heterocycles. The number of hydrogen-bond donors (Lipinski definition) is 2. The molecule has 2 aromatic carbocycles. The van der Waals surface area contributed by atoms with Gasteiger partial charge in [0.05, 0.1) is 32.8 Å². The number of pyridine rings is 1. The van der Waals surface area contributed by atoms with Gasteiger partial charge in [0.15, 0.2) is 0 Å². The van der Waals surface area contributed by atoms with E-state index < -0.39 is 11.2 Å². The van der Waals surface area contributed by atoms with Gasteiger partial charge in [0.25, 0.3) is 0 Å². The Morgan fingerprint density at radius 3 is 2.50 bits per heavy atom. The van der Waals surface area contributed by atoms with E-state index in [0.717, 1.165) is 17.3 Å². The molecule has 1 atom stereocenters. The van der Waals surface area contributed by atoms with Crippen LogP contribution in [0.15, 0.2) is 59.6 Å². The number of carbonyl (C=O) groups is 2. The van der Waals surface area contributed by atoms with Crippen molar-refractivity contribution in [3.05, 3.63) is 75.8 Å². The molecule has 0 fully saturated rings. The van der Waals surface area contributed by atoms with Crippen LogP contribution in [0.4, 0.5) is 5.69 Å². The van der Waals surface area contributed by atoms with Crippen LogP contribution in [0.3, 0.4) is 0 Å². The smallest absolute Gasteiger partial charge is 0.335 e. The Morgan fingerprint density at radius 2 is 1.88 bits per heavy atom. The van der Waals surface area contributed by atoms with Crippen LogP contribution < -0.4 is 5.32 Å². The summed E-state index contributed by atoms with van der Waals surface area (Å²) in [4.78, 5) is 28.7. The van der Waals surface area contributed by atoms with Crippen molar-refractivity contribution >= 4 is 52.5 Å². The average molecular weight is 486 g/mol. The highest BCUT2D eigenvalue weighted by atomic mass is 35.5. The molecule has 1 unspecified atom stereocenters. The third-order valence-electron chi connectivity index (χ3n) is 4.51. The molecule has 0 aliphatic carbocycles. The number of nitrogens with zero attached hydrogens (tertiary/aromatic N) is 2. The Morgan fingerprint density at radius 1 is 1.16 bits per heavy atom. The lowest BCUT2D eigenvalue weighted by Crippen LogP contribution is -2.25. The number of nitriles is 1. The highest BCUT2D eigenvalue weighted by molar-refractivity contribution is 8.00. The number of halogens is 2. The first-order valence-electron chi connectivity index (χ1n) is 9.49. The average Bonchev–Trinajstić information content (AvgIpc) is 2.79. The lowest BCUT2D eigenvalue weighted by Gasteiger charge is -2.16. The number of aromatic carboxylic acids is 1. The number of benzene rings is 2. The Balaban J connectivity index is 1.86. The van der Waals surface area contributed by atoms with Crippen LogP contribution >= 0.6 is 35.0 Å². The Bertz CT molecular complexity index is 1210. The van der Waals surface area contributed by atoms with E-state index in [2.05, 4.69) is 16.4 Å². The van der Waals surface area contributed by atoms with E-state index in [1.54, 1.807) is 24.3 Å². The van der Waals surface area contributed by atoms with Crippen molar-refractivity contribution in [3.63, 3.8) is 0 Å². The fraction of sp³-hybridized carbons (Fsp3) is 0.130. The summed E-state index contributed by atoms with van der Waals surface area (Å²) < 4.78 is 0. The fourth-order valence-electron chi connectivity index (χ4n) is 2.82. The Kier molecular flexibility index (Phi) is 7.75. The zero-order chi connectivity index (χ0) is 23.3. The molecule has 1 heterocycles. The Hall–Kier alpha value is -3.05. The first-order valence-corrected chi connectivity index (χ1v) is 11.1. The van der Waals surface area contributed by atoms with Crippen molar-refractivity contribution in [1.29, 1.82) is 5.26 Å². The van der Waals surface area contributed by atoms with Gasteiger partial charge in [-0.25, -0.2) is 9.78 Å². The van der Waals surface area contributed by atoms with Gasteiger partial charge >= 0.3 is 5.97 Å². The van der Waals surface area contributed by atoms with Gasteiger partial charge in [-0.15, -0.1) is 0 Å². The SMILES string of the molecule is CCC(Sc1nc(-c2ccc(Cl)cc2)ccc1C#N)C(=O)Nc1cc(C(=O)O)ccc1Cl. The second-order valence-electron chi connectivity index (χ2n) is 6.67. The van der Waals surface area contributed by atoms with Gasteiger partial charge in [0.1, 0.15) is 11.1 Å². The number of carboxylic acids is 1. The van der Waals surface area contributed by atoms with Crippen molar-refractivity contribution in [3.8, 4) is 17.3 Å². The van der Waals surface area contributed by atoms with Crippen LogP contribution in [0, 0.1) is 11.3 Å². The number of rotatable bonds is 7. The lowest BCUT2D eigenvalue weighted by molar-refractivity contribution is -0.115. The van der Waals surface area contributed by atoms with Crippen molar-refractivity contribution in [2.75, 3.05) is 5.32 Å². The molecule has 1 amide bonds. The number of hydrogen-bond acceptors (Lipinski definition) is 5. The maximum atomic E-state index is 12.9. The predicted molar refractivity (Wildman–Crippen MR) is 126 cm³/mol. The summed E-state index contributed by atoms with van der Waals surface area (Å²) in [5.74, 6) is -1.50. The van der Waals surface area contributed by atoms with Crippen molar-refractivity contribution in [1.82, 2.24) is 4.98 Å². The molecule has 162 valence electrons. The number of carbonyl (C=O) groups excluding carboxylic acids is 1. The topological polar surface area (TPSA) is 103 Å². The van der Waals surface area contributed by atoms with E-state index >= 15 is 0 Å². The molecule has 0 saturated carbocycles. The summed E-state index contributed by atoms with van der Waals surface area (Å²) in [7, 11) is 0. The summed E-state index contributed by atoms with van der Waals surface area (Å²) in [5, 5.41) is 22.0. The van der Waals surface area contributed by atoms with Gasteiger partial charge in [-0.2, -0.15) is 5.26 Å². The second kappa shape index (κ2) is 10.5. The van der Waals surface area contributed by atoms with Crippen LogP contribution in [0.5, 0.6) is 0 Å². The predicted octanol–water partition coefficient (Wildman–Crippen LogP) is 6.13. The summed E-state index contributed by atoms with van der Waals surface area (Å²) >= 11 is 13.2. The largest absolute Gasteiger partial charge is 0.478 e. The van der Waals surface area contributed by atoms with E-state index in [0.29, 0.717) is 27.7 Å². The summed E-state index contributed by atoms with van der Waals surface area (Å²) in [6.45, 7) is 1.83. The molecule has 32 heavy (non-hydrogen) atoms. The van der Waals surface area contributed by atoms with Gasteiger partial charge < -0.3 is 10.4 Å². The molecule has 9 heteroatoms. The number of anilines is 1. The van der Waals surface area contributed by atoms with Crippen LogP contribution in [0.1, 0.15) is 29.3 Å².